The summed E-state index contributed by atoms with van der Waals surface area (Å²) in [6, 6.07) is 13.2. The van der Waals surface area contributed by atoms with Crippen molar-refractivity contribution in [2.45, 2.75) is 6.10 Å². The van der Waals surface area contributed by atoms with E-state index in [1.807, 2.05) is 29.2 Å². The zero-order chi connectivity index (χ0) is 26.1. The van der Waals surface area contributed by atoms with E-state index in [9.17, 15) is 23.5 Å². The SMILES string of the molecule is O=C1c2cccc3cccc(c23)C(=O)N1CCN1CCN(C[C@@H](O)COc2c(F)cc(Br)cc2F)CC1. The lowest BCUT2D eigenvalue weighted by molar-refractivity contribution is 0.0402. The quantitative estimate of drug-likeness (QED) is 0.416. The van der Waals surface area contributed by atoms with E-state index < -0.39 is 23.5 Å². The van der Waals surface area contributed by atoms with Gasteiger partial charge >= 0.3 is 0 Å². The van der Waals surface area contributed by atoms with Crippen molar-refractivity contribution in [3.63, 3.8) is 0 Å². The first kappa shape index (κ1) is 25.7. The van der Waals surface area contributed by atoms with Crippen LogP contribution in [0.4, 0.5) is 8.78 Å². The van der Waals surface area contributed by atoms with Crippen LogP contribution in [-0.2, 0) is 0 Å². The predicted octanol–water partition coefficient (Wildman–Crippen LogP) is 3.53. The number of ether oxygens (including phenoxy) is 1. The van der Waals surface area contributed by atoms with E-state index in [1.165, 1.54) is 4.90 Å². The van der Waals surface area contributed by atoms with Crippen LogP contribution >= 0.6 is 15.9 Å². The summed E-state index contributed by atoms with van der Waals surface area (Å²) in [6.45, 7) is 3.66. The second-order valence-corrected chi connectivity index (χ2v) is 10.2. The molecule has 2 aliphatic heterocycles. The van der Waals surface area contributed by atoms with Crippen molar-refractivity contribution in [2.75, 3.05) is 52.4 Å². The maximum atomic E-state index is 13.9. The second-order valence-electron chi connectivity index (χ2n) is 9.28. The van der Waals surface area contributed by atoms with Gasteiger partial charge < -0.3 is 9.84 Å². The van der Waals surface area contributed by atoms with Crippen LogP contribution in [0.25, 0.3) is 10.8 Å². The normalized spacial score (nSPS) is 17.5. The topological polar surface area (TPSA) is 73.3 Å². The Hall–Kier alpha value is -2.92. The third kappa shape index (κ3) is 5.38. The van der Waals surface area contributed by atoms with Crippen LogP contribution in [0.1, 0.15) is 20.7 Å². The number of benzene rings is 3. The first-order chi connectivity index (χ1) is 17.8. The summed E-state index contributed by atoms with van der Waals surface area (Å²) < 4.78 is 33.3. The van der Waals surface area contributed by atoms with Gasteiger partial charge in [-0.25, -0.2) is 8.78 Å². The maximum absolute atomic E-state index is 13.9. The molecular weight excluding hydrogens is 548 g/mol. The van der Waals surface area contributed by atoms with Crippen LogP contribution in [0.2, 0.25) is 0 Å². The average molecular weight is 574 g/mol. The summed E-state index contributed by atoms with van der Waals surface area (Å²) in [6.07, 6.45) is -0.916. The number of hydrogen-bond acceptors (Lipinski definition) is 6. The van der Waals surface area contributed by atoms with Crippen molar-refractivity contribution < 1.29 is 28.2 Å². The molecule has 0 radical (unpaired) electrons. The Labute approximate surface area is 221 Å². The Kier molecular flexibility index (Phi) is 7.52. The molecule has 0 spiro atoms. The van der Waals surface area contributed by atoms with Gasteiger partial charge in [0.05, 0.1) is 0 Å². The molecule has 0 aromatic heterocycles. The Balaban J connectivity index is 1.10. The van der Waals surface area contributed by atoms with Gasteiger partial charge in [-0.3, -0.25) is 24.3 Å². The summed E-state index contributed by atoms with van der Waals surface area (Å²) in [4.78, 5) is 31.7. The summed E-state index contributed by atoms with van der Waals surface area (Å²) >= 11 is 3.02. The molecule has 3 aromatic rings. The number of carbonyl (C=O) groups excluding carboxylic acids is 2. The number of aliphatic hydroxyl groups excluding tert-OH is 1. The van der Waals surface area contributed by atoms with Crippen LogP contribution < -0.4 is 4.74 Å². The van der Waals surface area contributed by atoms with E-state index in [4.69, 9.17) is 4.74 Å². The highest BCUT2D eigenvalue weighted by Gasteiger charge is 2.33. The number of imide groups is 1. The van der Waals surface area contributed by atoms with Crippen molar-refractivity contribution in [1.82, 2.24) is 14.7 Å². The van der Waals surface area contributed by atoms with Gasteiger partial charge in [-0.15, -0.1) is 0 Å². The molecule has 1 N–H and O–H groups in total. The van der Waals surface area contributed by atoms with E-state index in [-0.39, 0.29) is 22.9 Å². The molecule has 0 bridgehead atoms. The smallest absolute Gasteiger partial charge is 0.261 e. The minimum absolute atomic E-state index is 0.233. The van der Waals surface area contributed by atoms with Crippen molar-refractivity contribution >= 4 is 38.5 Å². The first-order valence-electron chi connectivity index (χ1n) is 12.1. The van der Waals surface area contributed by atoms with Crippen molar-refractivity contribution in [2.24, 2.45) is 0 Å². The first-order valence-corrected chi connectivity index (χ1v) is 12.9. The van der Waals surface area contributed by atoms with Crippen molar-refractivity contribution in [1.29, 1.82) is 0 Å². The van der Waals surface area contributed by atoms with Gasteiger partial charge in [0.1, 0.15) is 12.7 Å². The summed E-state index contributed by atoms with van der Waals surface area (Å²) in [5.41, 5.74) is 1.10. The van der Waals surface area contributed by atoms with E-state index in [1.54, 1.807) is 12.1 Å². The van der Waals surface area contributed by atoms with Crippen LogP contribution in [0.15, 0.2) is 53.0 Å². The average Bonchev–Trinajstić information content (AvgIpc) is 2.87. The lowest BCUT2D eigenvalue weighted by Crippen LogP contribution is -2.51. The van der Waals surface area contributed by atoms with Crippen molar-refractivity contribution in [3.8, 4) is 5.75 Å². The molecule has 5 rings (SSSR count). The number of rotatable bonds is 8. The number of aliphatic hydroxyl groups is 1. The van der Waals surface area contributed by atoms with Crippen LogP contribution in [0.3, 0.4) is 0 Å². The fraction of sp³-hybridized carbons (Fsp3) is 0.333. The molecule has 0 aliphatic carbocycles. The molecule has 194 valence electrons. The fourth-order valence-electron chi connectivity index (χ4n) is 4.92. The number of nitrogens with zero attached hydrogens (tertiary/aromatic N) is 3. The highest BCUT2D eigenvalue weighted by Crippen LogP contribution is 2.30. The van der Waals surface area contributed by atoms with Gasteiger partial charge in [0.25, 0.3) is 11.8 Å². The molecule has 7 nitrogen and oxygen atoms in total. The van der Waals surface area contributed by atoms with Gasteiger partial charge in [-0.05, 0) is 29.7 Å². The molecule has 10 heteroatoms. The predicted molar refractivity (Wildman–Crippen MR) is 138 cm³/mol. The third-order valence-corrected chi connectivity index (χ3v) is 7.27. The molecule has 2 aliphatic rings. The van der Waals surface area contributed by atoms with Gasteiger partial charge in [0, 0.05) is 66.8 Å². The molecule has 1 atom stereocenters. The maximum Gasteiger partial charge on any atom is 0.261 e. The van der Waals surface area contributed by atoms with Gasteiger partial charge in [-0.1, -0.05) is 40.2 Å². The molecule has 3 aromatic carbocycles. The van der Waals surface area contributed by atoms with Crippen molar-refractivity contribution in [3.05, 3.63) is 75.8 Å². The highest BCUT2D eigenvalue weighted by molar-refractivity contribution is 9.10. The largest absolute Gasteiger partial charge is 0.485 e. The van der Waals surface area contributed by atoms with Crippen LogP contribution in [0, 0.1) is 11.6 Å². The van der Waals surface area contributed by atoms with E-state index in [0.717, 1.165) is 22.9 Å². The number of piperazine rings is 1. The highest BCUT2D eigenvalue weighted by atomic mass is 79.9. The molecule has 2 amide bonds. The number of amides is 2. The van der Waals surface area contributed by atoms with Gasteiger partial charge in [0.2, 0.25) is 0 Å². The fourth-order valence-corrected chi connectivity index (χ4v) is 5.32. The van der Waals surface area contributed by atoms with Gasteiger partial charge in [-0.2, -0.15) is 0 Å². The zero-order valence-electron chi connectivity index (χ0n) is 20.0. The Morgan fingerprint density at radius 2 is 1.46 bits per heavy atom. The van der Waals surface area contributed by atoms with E-state index in [2.05, 4.69) is 20.8 Å². The van der Waals surface area contributed by atoms with Gasteiger partial charge in [0.15, 0.2) is 17.4 Å². The molecule has 2 heterocycles. The third-order valence-electron chi connectivity index (χ3n) is 6.81. The number of halogens is 3. The van der Waals surface area contributed by atoms with Crippen LogP contribution in [0.5, 0.6) is 5.75 Å². The number of β-amino-alcohol motifs (C(OH)–C–C–N with tert-alkyl or cyclic N) is 1. The zero-order valence-corrected chi connectivity index (χ0v) is 21.6. The lowest BCUT2D eigenvalue weighted by Gasteiger charge is -2.36. The Morgan fingerprint density at radius 3 is 2.05 bits per heavy atom. The monoisotopic (exact) mass is 573 g/mol. The van der Waals surface area contributed by atoms with E-state index in [0.29, 0.717) is 56.9 Å². The Morgan fingerprint density at radius 1 is 0.892 bits per heavy atom. The van der Waals surface area contributed by atoms with E-state index >= 15 is 0 Å². The number of carbonyl (C=O) groups is 2. The molecule has 37 heavy (non-hydrogen) atoms. The second kappa shape index (κ2) is 10.8. The minimum atomic E-state index is -0.916. The molecule has 1 fully saturated rings. The molecule has 1 saturated heterocycles. The molecule has 0 unspecified atom stereocenters. The summed E-state index contributed by atoms with van der Waals surface area (Å²) in [7, 11) is 0. The summed E-state index contributed by atoms with van der Waals surface area (Å²) in [5, 5.41) is 11.9. The molecule has 0 saturated carbocycles. The standard InChI is InChI=1S/C27H26BrF2N3O4/c28-18-13-22(29)25(23(30)14-18)37-16-19(34)15-32-9-7-31(8-10-32)11-12-33-26(35)20-5-1-3-17-4-2-6-21(24(17)20)27(33)36/h1-6,13-14,19,34H,7-12,15-16H2/t19-/m1/s1. The minimum Gasteiger partial charge on any atom is -0.485 e. The summed E-state index contributed by atoms with van der Waals surface area (Å²) in [5.74, 6) is -2.71. The Bertz CT molecular complexity index is 1270. The number of hydrogen-bond donors (Lipinski definition) is 1. The van der Waals surface area contributed by atoms with Crippen LogP contribution in [-0.4, -0.2) is 90.1 Å². The molecular formula is C27H26BrF2N3O4. The lowest BCUT2D eigenvalue weighted by atomic mass is 9.94.